The van der Waals surface area contributed by atoms with Crippen molar-refractivity contribution in [3.8, 4) is 23.3 Å². The Balaban J connectivity index is 1.77. The first-order valence-corrected chi connectivity index (χ1v) is 13.5. The van der Waals surface area contributed by atoms with Gasteiger partial charge in [-0.3, -0.25) is 4.72 Å². The van der Waals surface area contributed by atoms with Gasteiger partial charge in [0, 0.05) is 12.1 Å². The number of fused-ring (bicyclic) bond motifs is 1. The second-order valence-electron chi connectivity index (χ2n) is 8.17. The van der Waals surface area contributed by atoms with Crippen molar-refractivity contribution in [2.24, 2.45) is 0 Å². The number of sulfonamides is 1. The zero-order chi connectivity index (χ0) is 28.5. The summed E-state index contributed by atoms with van der Waals surface area (Å²) in [7, 11) is -1.19. The fraction of sp³-hybridized carbons (Fsp3) is 0.222. The highest BCUT2D eigenvalue weighted by Crippen LogP contribution is 2.41. The van der Waals surface area contributed by atoms with Gasteiger partial charge in [-0.1, -0.05) is 18.2 Å². The summed E-state index contributed by atoms with van der Waals surface area (Å²) in [4.78, 5) is 9.01. The molecule has 4 rings (SSSR count). The maximum atomic E-state index is 13.3. The molecule has 0 saturated carbocycles. The number of benzene rings is 3. The monoisotopic (exact) mass is 565 g/mol. The van der Waals surface area contributed by atoms with Crippen molar-refractivity contribution in [2.45, 2.75) is 4.90 Å². The first-order chi connectivity index (χ1) is 19.4. The highest BCUT2D eigenvalue weighted by molar-refractivity contribution is 7.92. The van der Waals surface area contributed by atoms with Gasteiger partial charge in [0.2, 0.25) is 0 Å². The molecule has 3 N–H and O–H groups in total. The number of nitrogens with one attached hydrogen (secondary N) is 2. The van der Waals surface area contributed by atoms with Crippen molar-refractivity contribution in [3.63, 3.8) is 0 Å². The lowest BCUT2D eigenvalue weighted by atomic mass is 10.2. The summed E-state index contributed by atoms with van der Waals surface area (Å²) in [5, 5.41) is 21.2. The van der Waals surface area contributed by atoms with Crippen molar-refractivity contribution in [1.82, 2.24) is 9.97 Å². The van der Waals surface area contributed by atoms with E-state index < -0.39 is 10.0 Å². The van der Waals surface area contributed by atoms with Gasteiger partial charge in [0.25, 0.3) is 10.0 Å². The average molecular weight is 566 g/mol. The van der Waals surface area contributed by atoms with Crippen LogP contribution in [0.15, 0.2) is 65.6 Å². The largest absolute Gasteiger partial charge is 0.497 e. The van der Waals surface area contributed by atoms with Gasteiger partial charge in [-0.25, -0.2) is 18.4 Å². The third-order valence-electron chi connectivity index (χ3n) is 5.52. The molecule has 1 aromatic heterocycles. The summed E-state index contributed by atoms with van der Waals surface area (Å²) in [6.07, 6.45) is 0. The molecular weight excluding hydrogens is 538 g/mol. The molecular formula is C27H27N5O7S. The van der Waals surface area contributed by atoms with Crippen molar-refractivity contribution in [3.05, 3.63) is 66.2 Å². The summed E-state index contributed by atoms with van der Waals surface area (Å²) in [5.74, 6) is 1.07. The smallest absolute Gasteiger partial charge is 0.263 e. The number of para-hydroxylation sites is 2. The van der Waals surface area contributed by atoms with Gasteiger partial charge in [-0.2, -0.15) is 5.26 Å². The van der Waals surface area contributed by atoms with E-state index >= 15 is 0 Å². The molecule has 0 spiro atoms. The Morgan fingerprint density at radius 1 is 0.925 bits per heavy atom. The highest BCUT2D eigenvalue weighted by atomic mass is 32.2. The Labute approximate surface area is 231 Å². The standard InChI is InChI=1S/C27H27N5O7S/c1-36-19-15-23(25(24(16-19)37-2)39-13-12-38-11-10-33)31-26-27(30-22-9-4-3-8-21(22)29-26)32-40(34,35)20-7-5-6-18(14-20)17-28/h3-9,14-16,33H,10-13H2,1-2H3,(H,29,31)(H,30,32). The first kappa shape index (κ1) is 28.4. The minimum atomic E-state index is -4.15. The molecule has 3 aromatic carbocycles. The van der Waals surface area contributed by atoms with Gasteiger partial charge < -0.3 is 29.4 Å². The van der Waals surface area contributed by atoms with Crippen LogP contribution in [-0.4, -0.2) is 64.1 Å². The molecule has 4 aromatic rings. The van der Waals surface area contributed by atoms with E-state index in [1.165, 1.54) is 38.5 Å². The Morgan fingerprint density at radius 3 is 2.35 bits per heavy atom. The molecule has 0 amide bonds. The van der Waals surface area contributed by atoms with E-state index in [0.29, 0.717) is 34.0 Å². The predicted octanol–water partition coefficient (Wildman–Crippen LogP) is 3.45. The van der Waals surface area contributed by atoms with E-state index in [1.54, 1.807) is 36.4 Å². The van der Waals surface area contributed by atoms with Gasteiger partial charge in [0.1, 0.15) is 12.4 Å². The molecule has 1 heterocycles. The lowest BCUT2D eigenvalue weighted by Crippen LogP contribution is -2.16. The van der Waals surface area contributed by atoms with E-state index in [-0.39, 0.29) is 48.5 Å². The molecule has 0 radical (unpaired) electrons. The van der Waals surface area contributed by atoms with Crippen LogP contribution in [0.2, 0.25) is 0 Å². The van der Waals surface area contributed by atoms with E-state index in [4.69, 9.17) is 24.1 Å². The number of methoxy groups -OCH3 is 2. The van der Waals surface area contributed by atoms with E-state index in [0.717, 1.165) is 0 Å². The number of rotatable bonds is 13. The van der Waals surface area contributed by atoms with Crippen LogP contribution >= 0.6 is 0 Å². The number of aromatic nitrogens is 2. The van der Waals surface area contributed by atoms with Crippen LogP contribution in [0, 0.1) is 11.3 Å². The number of hydrogen-bond donors (Lipinski definition) is 3. The van der Waals surface area contributed by atoms with E-state index in [2.05, 4.69) is 20.0 Å². The van der Waals surface area contributed by atoms with Gasteiger partial charge >= 0.3 is 0 Å². The maximum absolute atomic E-state index is 13.3. The van der Waals surface area contributed by atoms with Crippen LogP contribution in [0.25, 0.3) is 11.0 Å². The molecule has 12 nitrogen and oxygen atoms in total. The molecule has 0 aliphatic rings. The minimum Gasteiger partial charge on any atom is -0.497 e. The van der Waals surface area contributed by atoms with Crippen molar-refractivity contribution in [2.75, 3.05) is 50.7 Å². The maximum Gasteiger partial charge on any atom is 0.263 e. The molecule has 208 valence electrons. The Bertz CT molecular complexity index is 1640. The van der Waals surface area contributed by atoms with Crippen LogP contribution in [0.4, 0.5) is 17.3 Å². The van der Waals surface area contributed by atoms with E-state index in [9.17, 15) is 13.7 Å². The quantitative estimate of drug-likeness (QED) is 0.203. The second-order valence-corrected chi connectivity index (χ2v) is 9.85. The van der Waals surface area contributed by atoms with Crippen molar-refractivity contribution in [1.29, 1.82) is 5.26 Å². The summed E-state index contributed by atoms with van der Waals surface area (Å²) in [5.41, 5.74) is 1.51. The number of ether oxygens (including phenoxy) is 4. The molecule has 0 aliphatic heterocycles. The van der Waals surface area contributed by atoms with Gasteiger partial charge in [-0.15, -0.1) is 0 Å². The van der Waals surface area contributed by atoms with Crippen molar-refractivity contribution >= 4 is 38.4 Å². The number of aliphatic hydroxyl groups is 1. The third kappa shape index (κ3) is 6.67. The average Bonchev–Trinajstić information content (AvgIpc) is 2.97. The topological polar surface area (TPSA) is 165 Å². The Kier molecular flexibility index (Phi) is 9.18. The van der Waals surface area contributed by atoms with Gasteiger partial charge in [0.05, 0.1) is 67.3 Å². The number of hydrogen-bond acceptors (Lipinski definition) is 11. The van der Waals surface area contributed by atoms with Crippen LogP contribution in [0.3, 0.4) is 0 Å². The molecule has 0 bridgehead atoms. The fourth-order valence-electron chi connectivity index (χ4n) is 3.66. The highest BCUT2D eigenvalue weighted by Gasteiger charge is 2.22. The number of aliphatic hydroxyl groups excluding tert-OH is 1. The van der Waals surface area contributed by atoms with Crippen LogP contribution in [0.1, 0.15) is 5.56 Å². The van der Waals surface area contributed by atoms with Crippen molar-refractivity contribution < 1.29 is 32.5 Å². The van der Waals surface area contributed by atoms with E-state index in [1.807, 2.05) is 6.07 Å². The molecule has 40 heavy (non-hydrogen) atoms. The van der Waals surface area contributed by atoms with Crippen LogP contribution in [0.5, 0.6) is 17.2 Å². The van der Waals surface area contributed by atoms with Crippen LogP contribution < -0.4 is 24.2 Å². The van der Waals surface area contributed by atoms with Crippen LogP contribution in [-0.2, 0) is 14.8 Å². The Hall–Kier alpha value is -4.64. The first-order valence-electron chi connectivity index (χ1n) is 12.0. The molecule has 0 aliphatic carbocycles. The second kappa shape index (κ2) is 12.9. The lowest BCUT2D eigenvalue weighted by molar-refractivity contribution is 0.0700. The molecule has 0 fully saturated rings. The number of nitrogens with zero attached hydrogens (tertiary/aromatic N) is 3. The Morgan fingerprint density at radius 2 is 1.68 bits per heavy atom. The summed E-state index contributed by atoms with van der Waals surface area (Å²) in [6.45, 7) is 0.397. The molecule has 0 saturated heterocycles. The third-order valence-corrected chi connectivity index (χ3v) is 6.86. The summed E-state index contributed by atoms with van der Waals surface area (Å²) >= 11 is 0. The predicted molar refractivity (Wildman–Crippen MR) is 148 cm³/mol. The molecule has 13 heteroatoms. The number of nitriles is 1. The van der Waals surface area contributed by atoms with Gasteiger partial charge in [0.15, 0.2) is 23.1 Å². The lowest BCUT2D eigenvalue weighted by Gasteiger charge is -2.19. The zero-order valence-corrected chi connectivity index (χ0v) is 22.6. The number of anilines is 3. The zero-order valence-electron chi connectivity index (χ0n) is 21.7. The minimum absolute atomic E-state index is 0.0791. The SMILES string of the molecule is COc1cc(Nc2nc3ccccc3nc2NS(=O)(=O)c2cccc(C#N)c2)c(OCCOCCO)c(OC)c1. The summed E-state index contributed by atoms with van der Waals surface area (Å²) < 4.78 is 51.2. The normalized spacial score (nSPS) is 11.1. The molecule has 0 atom stereocenters. The van der Waals surface area contributed by atoms with Gasteiger partial charge in [-0.05, 0) is 30.3 Å². The molecule has 0 unspecified atom stereocenters. The summed E-state index contributed by atoms with van der Waals surface area (Å²) in [6, 6.07) is 17.8. The fourth-order valence-corrected chi connectivity index (χ4v) is 4.72.